The molecular formula is C14H24N2S. The second kappa shape index (κ2) is 5.09. The van der Waals surface area contributed by atoms with Gasteiger partial charge in [0.1, 0.15) is 0 Å². The quantitative estimate of drug-likeness (QED) is 0.890. The standard InChI is InChI=1S/C14H24N2S/c1-11(9-15-14(2,3)4)16-7-5-13-12(10-16)6-8-17-13/h6,8,11,15H,5,7,9-10H2,1-4H3. The van der Waals surface area contributed by atoms with E-state index in [0.717, 1.165) is 13.1 Å². The Morgan fingerprint density at radius 3 is 2.94 bits per heavy atom. The summed E-state index contributed by atoms with van der Waals surface area (Å²) in [5, 5.41) is 5.83. The first-order valence-corrected chi connectivity index (χ1v) is 7.38. The SMILES string of the molecule is CC(CNC(C)(C)C)N1CCc2sccc2C1. The third-order valence-corrected chi connectivity index (χ3v) is 4.41. The van der Waals surface area contributed by atoms with Crippen molar-refractivity contribution in [2.75, 3.05) is 13.1 Å². The third kappa shape index (κ3) is 3.54. The Labute approximate surface area is 109 Å². The van der Waals surface area contributed by atoms with E-state index in [4.69, 9.17) is 0 Å². The molecule has 0 aliphatic carbocycles. The normalized spacial score (nSPS) is 19.1. The third-order valence-electron chi connectivity index (χ3n) is 3.39. The van der Waals surface area contributed by atoms with Crippen molar-refractivity contribution >= 4 is 11.3 Å². The lowest BCUT2D eigenvalue weighted by Gasteiger charge is -2.34. The fourth-order valence-corrected chi connectivity index (χ4v) is 3.12. The van der Waals surface area contributed by atoms with Gasteiger partial charge in [-0.3, -0.25) is 4.90 Å². The maximum absolute atomic E-state index is 3.60. The van der Waals surface area contributed by atoms with Crippen LogP contribution in [0.4, 0.5) is 0 Å². The molecule has 0 saturated heterocycles. The molecule has 2 heterocycles. The smallest absolute Gasteiger partial charge is 0.0248 e. The lowest BCUT2D eigenvalue weighted by atomic mass is 10.1. The summed E-state index contributed by atoms with van der Waals surface area (Å²) in [7, 11) is 0. The molecule has 1 unspecified atom stereocenters. The Morgan fingerprint density at radius 2 is 2.24 bits per heavy atom. The van der Waals surface area contributed by atoms with Crippen LogP contribution >= 0.6 is 11.3 Å². The van der Waals surface area contributed by atoms with Crippen molar-refractivity contribution in [3.05, 3.63) is 21.9 Å². The monoisotopic (exact) mass is 252 g/mol. The molecule has 2 nitrogen and oxygen atoms in total. The van der Waals surface area contributed by atoms with Crippen molar-refractivity contribution in [2.24, 2.45) is 0 Å². The lowest BCUT2D eigenvalue weighted by molar-refractivity contribution is 0.179. The Kier molecular flexibility index (Phi) is 3.91. The van der Waals surface area contributed by atoms with Gasteiger partial charge in [-0.2, -0.15) is 0 Å². The van der Waals surface area contributed by atoms with Gasteiger partial charge in [-0.15, -0.1) is 11.3 Å². The van der Waals surface area contributed by atoms with E-state index < -0.39 is 0 Å². The summed E-state index contributed by atoms with van der Waals surface area (Å²) >= 11 is 1.91. The minimum absolute atomic E-state index is 0.220. The van der Waals surface area contributed by atoms with Gasteiger partial charge in [0.25, 0.3) is 0 Å². The van der Waals surface area contributed by atoms with Crippen molar-refractivity contribution in [3.63, 3.8) is 0 Å². The lowest BCUT2D eigenvalue weighted by Crippen LogP contribution is -2.47. The van der Waals surface area contributed by atoms with Crippen LogP contribution in [0.2, 0.25) is 0 Å². The highest BCUT2D eigenvalue weighted by Crippen LogP contribution is 2.25. The number of hydrogen-bond acceptors (Lipinski definition) is 3. The summed E-state index contributed by atoms with van der Waals surface area (Å²) in [6.45, 7) is 12.4. The molecule has 0 radical (unpaired) electrons. The number of hydrogen-bond donors (Lipinski definition) is 1. The number of fused-ring (bicyclic) bond motifs is 1. The molecule has 0 aromatic carbocycles. The van der Waals surface area contributed by atoms with Crippen LogP contribution in [-0.4, -0.2) is 29.6 Å². The molecule has 0 saturated carbocycles. The van der Waals surface area contributed by atoms with E-state index in [1.165, 1.54) is 13.0 Å². The van der Waals surface area contributed by atoms with Gasteiger partial charge < -0.3 is 5.32 Å². The van der Waals surface area contributed by atoms with Gasteiger partial charge in [0.05, 0.1) is 0 Å². The Balaban J connectivity index is 1.88. The zero-order chi connectivity index (χ0) is 12.5. The average Bonchev–Trinajstić information content (AvgIpc) is 2.71. The van der Waals surface area contributed by atoms with E-state index >= 15 is 0 Å². The van der Waals surface area contributed by atoms with E-state index in [1.807, 2.05) is 11.3 Å². The van der Waals surface area contributed by atoms with Crippen LogP contribution in [-0.2, 0) is 13.0 Å². The Morgan fingerprint density at radius 1 is 1.47 bits per heavy atom. The van der Waals surface area contributed by atoms with Gasteiger partial charge in [0.15, 0.2) is 0 Å². The van der Waals surface area contributed by atoms with Crippen molar-refractivity contribution < 1.29 is 0 Å². The highest BCUT2D eigenvalue weighted by molar-refractivity contribution is 7.10. The fraction of sp³-hybridized carbons (Fsp3) is 0.714. The molecule has 0 amide bonds. The van der Waals surface area contributed by atoms with Crippen LogP contribution < -0.4 is 5.32 Å². The molecule has 3 heteroatoms. The Hall–Kier alpha value is -0.380. The van der Waals surface area contributed by atoms with Crippen LogP contribution in [0.1, 0.15) is 38.1 Å². The molecule has 96 valence electrons. The van der Waals surface area contributed by atoms with Gasteiger partial charge in [-0.25, -0.2) is 0 Å². The molecule has 1 N–H and O–H groups in total. The summed E-state index contributed by atoms with van der Waals surface area (Å²) in [5.41, 5.74) is 1.77. The highest BCUT2D eigenvalue weighted by Gasteiger charge is 2.22. The van der Waals surface area contributed by atoms with Crippen molar-refractivity contribution in [1.82, 2.24) is 10.2 Å². The van der Waals surface area contributed by atoms with Gasteiger partial charge >= 0.3 is 0 Å². The van der Waals surface area contributed by atoms with E-state index in [1.54, 1.807) is 10.4 Å². The molecule has 1 atom stereocenters. The fourth-order valence-electron chi connectivity index (χ4n) is 2.23. The number of nitrogens with one attached hydrogen (secondary N) is 1. The van der Waals surface area contributed by atoms with E-state index in [-0.39, 0.29) is 5.54 Å². The van der Waals surface area contributed by atoms with E-state index in [0.29, 0.717) is 6.04 Å². The molecule has 1 aliphatic rings. The highest BCUT2D eigenvalue weighted by atomic mass is 32.1. The predicted molar refractivity (Wildman–Crippen MR) is 75.7 cm³/mol. The van der Waals surface area contributed by atoms with Gasteiger partial charge in [0, 0.05) is 36.1 Å². The second-order valence-electron chi connectivity index (χ2n) is 6.07. The van der Waals surface area contributed by atoms with Crippen LogP contribution in [0, 0.1) is 0 Å². The van der Waals surface area contributed by atoms with Crippen molar-refractivity contribution in [2.45, 2.75) is 52.2 Å². The summed E-state index contributed by atoms with van der Waals surface area (Å²) < 4.78 is 0. The zero-order valence-electron chi connectivity index (χ0n) is 11.4. The molecular weight excluding hydrogens is 228 g/mol. The topological polar surface area (TPSA) is 15.3 Å². The predicted octanol–water partition coefficient (Wildman–Crippen LogP) is 2.88. The number of rotatable bonds is 3. The molecule has 2 rings (SSSR count). The van der Waals surface area contributed by atoms with Crippen molar-refractivity contribution in [3.8, 4) is 0 Å². The maximum Gasteiger partial charge on any atom is 0.0248 e. The number of nitrogens with zero attached hydrogens (tertiary/aromatic N) is 1. The molecule has 0 spiro atoms. The van der Waals surface area contributed by atoms with E-state index in [2.05, 4.69) is 49.4 Å². The molecule has 17 heavy (non-hydrogen) atoms. The summed E-state index contributed by atoms with van der Waals surface area (Å²) in [6.07, 6.45) is 1.23. The minimum atomic E-state index is 0.220. The first kappa shape index (κ1) is 13.1. The number of thiophene rings is 1. The Bertz CT molecular complexity index is 365. The van der Waals surface area contributed by atoms with Crippen LogP contribution in [0.15, 0.2) is 11.4 Å². The van der Waals surface area contributed by atoms with Crippen LogP contribution in [0.5, 0.6) is 0 Å². The molecule has 0 bridgehead atoms. The second-order valence-corrected chi connectivity index (χ2v) is 7.07. The van der Waals surface area contributed by atoms with Gasteiger partial charge in [0.2, 0.25) is 0 Å². The summed E-state index contributed by atoms with van der Waals surface area (Å²) in [5.74, 6) is 0. The summed E-state index contributed by atoms with van der Waals surface area (Å²) in [4.78, 5) is 4.19. The van der Waals surface area contributed by atoms with Gasteiger partial charge in [-0.1, -0.05) is 0 Å². The average molecular weight is 252 g/mol. The minimum Gasteiger partial charge on any atom is -0.311 e. The summed E-state index contributed by atoms with van der Waals surface area (Å²) in [6, 6.07) is 2.90. The van der Waals surface area contributed by atoms with Crippen molar-refractivity contribution in [1.29, 1.82) is 0 Å². The molecule has 1 aromatic heterocycles. The van der Waals surface area contributed by atoms with Crippen LogP contribution in [0.25, 0.3) is 0 Å². The molecule has 1 aromatic rings. The molecule has 1 aliphatic heterocycles. The zero-order valence-corrected chi connectivity index (χ0v) is 12.2. The first-order chi connectivity index (χ1) is 7.96. The maximum atomic E-state index is 3.60. The largest absolute Gasteiger partial charge is 0.311 e. The van der Waals surface area contributed by atoms with Crippen LogP contribution in [0.3, 0.4) is 0 Å². The van der Waals surface area contributed by atoms with E-state index in [9.17, 15) is 0 Å². The first-order valence-electron chi connectivity index (χ1n) is 6.50. The van der Waals surface area contributed by atoms with Gasteiger partial charge in [-0.05, 0) is 51.1 Å². The molecule has 0 fully saturated rings.